The highest BCUT2D eigenvalue weighted by Gasteiger charge is 2.49. The van der Waals surface area contributed by atoms with Crippen molar-refractivity contribution in [1.29, 1.82) is 0 Å². The van der Waals surface area contributed by atoms with Crippen molar-refractivity contribution < 1.29 is 42.8 Å². The third-order valence-electron chi connectivity index (χ3n) is 2.97. The first-order chi connectivity index (χ1) is 10.7. The molecule has 23 heavy (non-hydrogen) atoms. The average Bonchev–Trinajstić information content (AvgIpc) is 2.49. The van der Waals surface area contributed by atoms with Crippen LogP contribution in [0.1, 0.15) is 0 Å². The lowest BCUT2D eigenvalue weighted by Gasteiger charge is -2.42. The molecule has 0 aromatic carbocycles. The topological polar surface area (TPSA) is 157 Å². The summed E-state index contributed by atoms with van der Waals surface area (Å²) in [5.41, 5.74) is 8.10. The standard InChI is InChI=1S/C10H15F3N4O6/c11-10(12,13)9(21)16-5-7(20)6(19)4(3-18)23-8(5)22-2-1-15-17-14/h4-8,18-20H,1-3H2,(H,16,21)/t4-,5-,6-,7-,8-/m1/s1. The van der Waals surface area contributed by atoms with Gasteiger partial charge in [-0.1, -0.05) is 5.11 Å². The molecule has 0 radical (unpaired) electrons. The Morgan fingerprint density at radius 3 is 2.57 bits per heavy atom. The normalized spacial score (nSPS) is 31.3. The van der Waals surface area contributed by atoms with Gasteiger partial charge in [0.2, 0.25) is 0 Å². The van der Waals surface area contributed by atoms with Gasteiger partial charge in [0.1, 0.15) is 24.4 Å². The van der Waals surface area contributed by atoms with E-state index in [-0.39, 0.29) is 13.2 Å². The summed E-state index contributed by atoms with van der Waals surface area (Å²) in [6, 6.07) is -1.74. The Labute approximate surface area is 127 Å². The molecule has 1 aliphatic rings. The van der Waals surface area contributed by atoms with Crippen LogP contribution < -0.4 is 5.32 Å². The minimum absolute atomic E-state index is 0.182. The average molecular weight is 344 g/mol. The molecule has 0 aromatic heterocycles. The molecule has 1 aliphatic heterocycles. The number of aliphatic hydroxyl groups excluding tert-OH is 3. The van der Waals surface area contributed by atoms with Gasteiger partial charge in [0, 0.05) is 11.5 Å². The summed E-state index contributed by atoms with van der Waals surface area (Å²) < 4.78 is 47.0. The predicted molar refractivity (Wildman–Crippen MR) is 65.7 cm³/mol. The van der Waals surface area contributed by atoms with Crippen LogP contribution >= 0.6 is 0 Å². The number of halogens is 3. The van der Waals surface area contributed by atoms with Gasteiger partial charge in [0.15, 0.2) is 6.29 Å². The second-order valence-corrected chi connectivity index (χ2v) is 4.53. The first kappa shape index (κ1) is 19.4. The van der Waals surface area contributed by atoms with E-state index in [1.807, 2.05) is 0 Å². The Kier molecular flexibility index (Phi) is 7.00. The van der Waals surface area contributed by atoms with Crippen LogP contribution in [0.15, 0.2) is 5.11 Å². The van der Waals surface area contributed by atoms with Crippen LogP contribution in [0.5, 0.6) is 0 Å². The molecule has 1 amide bonds. The van der Waals surface area contributed by atoms with Crippen LogP contribution in [-0.4, -0.2) is 77.8 Å². The van der Waals surface area contributed by atoms with E-state index in [0.29, 0.717) is 0 Å². The first-order valence-corrected chi connectivity index (χ1v) is 6.35. The van der Waals surface area contributed by atoms with E-state index in [1.165, 1.54) is 5.32 Å². The monoisotopic (exact) mass is 344 g/mol. The fraction of sp³-hybridized carbons (Fsp3) is 0.900. The van der Waals surface area contributed by atoms with Crippen LogP contribution in [0.25, 0.3) is 10.4 Å². The minimum atomic E-state index is -5.21. The quantitative estimate of drug-likeness (QED) is 0.205. The zero-order valence-corrected chi connectivity index (χ0v) is 11.5. The van der Waals surface area contributed by atoms with Crippen molar-refractivity contribution in [3.05, 3.63) is 10.4 Å². The summed E-state index contributed by atoms with van der Waals surface area (Å²) in [5, 5.41) is 33.1. The number of aliphatic hydroxyl groups is 3. The second kappa shape index (κ2) is 8.29. The molecule has 5 atom stereocenters. The maximum absolute atomic E-state index is 12.3. The number of amides is 1. The van der Waals surface area contributed by atoms with E-state index in [2.05, 4.69) is 10.0 Å². The number of carbonyl (C=O) groups excluding carboxylic acids is 1. The fourth-order valence-electron chi connectivity index (χ4n) is 1.87. The molecule has 0 unspecified atom stereocenters. The summed E-state index contributed by atoms with van der Waals surface area (Å²) >= 11 is 0. The maximum atomic E-state index is 12.3. The van der Waals surface area contributed by atoms with Gasteiger partial charge in [-0.05, 0) is 5.53 Å². The third-order valence-corrected chi connectivity index (χ3v) is 2.97. The van der Waals surface area contributed by atoms with Crippen molar-refractivity contribution in [2.45, 2.75) is 36.8 Å². The number of hydrogen-bond donors (Lipinski definition) is 4. The highest BCUT2D eigenvalue weighted by Crippen LogP contribution is 2.24. The van der Waals surface area contributed by atoms with Gasteiger partial charge in [0.25, 0.3) is 0 Å². The van der Waals surface area contributed by atoms with Gasteiger partial charge >= 0.3 is 12.1 Å². The van der Waals surface area contributed by atoms with Crippen LogP contribution in [0.3, 0.4) is 0 Å². The van der Waals surface area contributed by atoms with E-state index in [4.69, 9.17) is 20.1 Å². The summed E-state index contributed by atoms with van der Waals surface area (Å²) in [5.74, 6) is -2.36. The lowest BCUT2D eigenvalue weighted by molar-refractivity contribution is -0.271. The van der Waals surface area contributed by atoms with Crippen LogP contribution in [0.4, 0.5) is 13.2 Å². The number of carbonyl (C=O) groups is 1. The second-order valence-electron chi connectivity index (χ2n) is 4.53. The number of nitrogens with one attached hydrogen (secondary N) is 1. The van der Waals surface area contributed by atoms with Crippen molar-refractivity contribution in [3.8, 4) is 0 Å². The smallest absolute Gasteiger partial charge is 0.394 e. The molecule has 0 bridgehead atoms. The third kappa shape index (κ3) is 5.20. The first-order valence-electron chi connectivity index (χ1n) is 6.35. The molecule has 0 aromatic rings. The molecule has 1 rings (SSSR count). The molecule has 4 N–H and O–H groups in total. The molecular formula is C10H15F3N4O6. The zero-order chi connectivity index (χ0) is 17.6. The van der Waals surface area contributed by atoms with Crippen molar-refractivity contribution in [3.63, 3.8) is 0 Å². The number of nitrogens with zero attached hydrogens (tertiary/aromatic N) is 3. The van der Waals surface area contributed by atoms with Crippen molar-refractivity contribution in [2.24, 2.45) is 5.11 Å². The van der Waals surface area contributed by atoms with Crippen molar-refractivity contribution in [2.75, 3.05) is 19.8 Å². The lowest BCUT2D eigenvalue weighted by atomic mass is 9.97. The van der Waals surface area contributed by atoms with Crippen molar-refractivity contribution in [1.82, 2.24) is 5.32 Å². The minimum Gasteiger partial charge on any atom is -0.394 e. The molecule has 1 heterocycles. The van der Waals surface area contributed by atoms with E-state index in [9.17, 15) is 28.2 Å². The Balaban J connectivity index is 2.84. The fourth-order valence-corrected chi connectivity index (χ4v) is 1.87. The summed E-state index contributed by atoms with van der Waals surface area (Å²) in [7, 11) is 0. The summed E-state index contributed by atoms with van der Waals surface area (Å²) in [4.78, 5) is 13.4. The number of azide groups is 1. The molecule has 13 heteroatoms. The Bertz CT molecular complexity index is 458. The molecule has 0 spiro atoms. The largest absolute Gasteiger partial charge is 0.471 e. The zero-order valence-electron chi connectivity index (χ0n) is 11.5. The van der Waals surface area contributed by atoms with E-state index >= 15 is 0 Å². The molecule has 0 aliphatic carbocycles. The Hall–Kier alpha value is -1.63. The number of rotatable bonds is 6. The molecule has 1 fully saturated rings. The lowest BCUT2D eigenvalue weighted by Crippen LogP contribution is -2.65. The van der Waals surface area contributed by atoms with E-state index in [0.717, 1.165) is 0 Å². The Morgan fingerprint density at radius 1 is 1.39 bits per heavy atom. The van der Waals surface area contributed by atoms with Gasteiger partial charge in [0.05, 0.1) is 13.2 Å². The molecular weight excluding hydrogens is 329 g/mol. The SMILES string of the molecule is [N-]=[N+]=NCCO[C@@H]1O[C@H](CO)[C@@H](O)[C@H](O)[C@H]1NC(=O)C(F)(F)F. The molecule has 0 saturated carbocycles. The maximum Gasteiger partial charge on any atom is 0.471 e. The Morgan fingerprint density at radius 2 is 2.04 bits per heavy atom. The molecule has 132 valence electrons. The highest BCUT2D eigenvalue weighted by molar-refractivity contribution is 5.82. The summed E-state index contributed by atoms with van der Waals surface area (Å²) in [6.07, 6.45) is -11.7. The van der Waals surface area contributed by atoms with E-state index < -0.39 is 49.3 Å². The van der Waals surface area contributed by atoms with Crippen LogP contribution in [0, 0.1) is 0 Å². The number of hydrogen-bond acceptors (Lipinski definition) is 7. The van der Waals surface area contributed by atoms with E-state index in [1.54, 1.807) is 0 Å². The predicted octanol–water partition coefficient (Wildman–Crippen LogP) is -1.20. The van der Waals surface area contributed by atoms with Gasteiger partial charge in [-0.2, -0.15) is 13.2 Å². The van der Waals surface area contributed by atoms with Crippen LogP contribution in [-0.2, 0) is 14.3 Å². The molecule has 1 saturated heterocycles. The molecule has 10 nitrogen and oxygen atoms in total. The van der Waals surface area contributed by atoms with Crippen molar-refractivity contribution >= 4 is 5.91 Å². The summed E-state index contributed by atoms with van der Waals surface area (Å²) in [6.45, 7) is -1.21. The number of ether oxygens (including phenoxy) is 2. The number of alkyl halides is 3. The highest BCUT2D eigenvalue weighted by atomic mass is 19.4. The van der Waals surface area contributed by atoms with Gasteiger partial charge in [-0.25, -0.2) is 0 Å². The van der Waals surface area contributed by atoms with Gasteiger partial charge in [-0.15, -0.1) is 0 Å². The van der Waals surface area contributed by atoms with Crippen LogP contribution in [0.2, 0.25) is 0 Å². The van der Waals surface area contributed by atoms with Gasteiger partial charge in [-0.3, -0.25) is 4.79 Å². The van der Waals surface area contributed by atoms with Gasteiger partial charge < -0.3 is 30.1 Å².